The minimum absolute atomic E-state index is 0.0764. The van der Waals surface area contributed by atoms with Crippen LogP contribution in [0.5, 0.6) is 0 Å². The van der Waals surface area contributed by atoms with E-state index in [0.29, 0.717) is 30.1 Å². The second kappa shape index (κ2) is 7.64. The molecule has 0 saturated carbocycles. The number of sulfonamides is 1. The van der Waals surface area contributed by atoms with E-state index in [9.17, 15) is 13.2 Å². The Morgan fingerprint density at radius 1 is 1.31 bits per heavy atom. The van der Waals surface area contributed by atoms with E-state index >= 15 is 0 Å². The number of piperidine rings is 1. The fraction of sp³-hybridized carbons (Fsp3) is 0.412. The molecule has 140 valence electrons. The molecule has 0 bridgehead atoms. The molecule has 6 nitrogen and oxygen atoms in total. The van der Waals surface area contributed by atoms with Gasteiger partial charge in [-0.25, -0.2) is 13.4 Å². The van der Waals surface area contributed by atoms with Gasteiger partial charge in [0, 0.05) is 24.7 Å². The third kappa shape index (κ3) is 4.09. The Morgan fingerprint density at radius 2 is 2.00 bits per heavy atom. The first-order valence-electron chi connectivity index (χ1n) is 8.28. The second-order valence-corrected chi connectivity index (χ2v) is 9.94. The van der Waals surface area contributed by atoms with Crippen LogP contribution in [0.2, 0.25) is 5.02 Å². The first-order valence-corrected chi connectivity index (χ1v) is 11.0. The van der Waals surface area contributed by atoms with Crippen LogP contribution in [0.15, 0.2) is 34.7 Å². The van der Waals surface area contributed by atoms with E-state index in [2.05, 4.69) is 10.3 Å². The van der Waals surface area contributed by atoms with Gasteiger partial charge >= 0.3 is 0 Å². The number of anilines is 1. The second-order valence-electron chi connectivity index (χ2n) is 6.70. The van der Waals surface area contributed by atoms with Crippen molar-refractivity contribution in [3.05, 3.63) is 40.4 Å². The molecule has 1 aliphatic heterocycles. The highest BCUT2D eigenvalue weighted by atomic mass is 35.5. The molecule has 1 amide bonds. The summed E-state index contributed by atoms with van der Waals surface area (Å²) in [6, 6.07) is 4.23. The summed E-state index contributed by atoms with van der Waals surface area (Å²) in [5.74, 6) is 0.115. The Balaban J connectivity index is 1.89. The molecule has 1 saturated heterocycles. The highest BCUT2D eigenvalue weighted by Crippen LogP contribution is 2.29. The van der Waals surface area contributed by atoms with Gasteiger partial charge in [-0.2, -0.15) is 4.31 Å². The topological polar surface area (TPSA) is 79.4 Å². The lowest BCUT2D eigenvalue weighted by atomic mass is 9.94. The third-order valence-electron chi connectivity index (χ3n) is 4.31. The van der Waals surface area contributed by atoms with Crippen LogP contribution in [-0.2, 0) is 10.0 Å². The smallest absolute Gasteiger partial charge is 0.259 e. The van der Waals surface area contributed by atoms with Crippen LogP contribution in [0.4, 0.5) is 5.13 Å². The van der Waals surface area contributed by atoms with Gasteiger partial charge in [-0.3, -0.25) is 10.1 Å². The fourth-order valence-electron chi connectivity index (χ4n) is 3.24. The number of aromatic nitrogens is 1. The lowest BCUT2D eigenvalue weighted by Gasteiger charge is -2.34. The van der Waals surface area contributed by atoms with E-state index in [4.69, 9.17) is 11.6 Å². The van der Waals surface area contributed by atoms with Gasteiger partial charge in [0.05, 0.1) is 15.5 Å². The Hall–Kier alpha value is -1.48. The van der Waals surface area contributed by atoms with E-state index in [0.717, 1.165) is 6.42 Å². The summed E-state index contributed by atoms with van der Waals surface area (Å²) in [4.78, 5) is 16.5. The summed E-state index contributed by atoms with van der Waals surface area (Å²) in [7, 11) is -3.68. The summed E-state index contributed by atoms with van der Waals surface area (Å²) < 4.78 is 27.5. The molecule has 1 aliphatic rings. The number of hydrogen-bond acceptors (Lipinski definition) is 5. The Kier molecular flexibility index (Phi) is 5.67. The Labute approximate surface area is 162 Å². The van der Waals surface area contributed by atoms with E-state index in [1.165, 1.54) is 33.8 Å². The van der Waals surface area contributed by atoms with E-state index in [-0.39, 0.29) is 15.5 Å². The first kappa shape index (κ1) is 19.3. The fourth-order valence-corrected chi connectivity index (χ4v) is 5.67. The van der Waals surface area contributed by atoms with Crippen LogP contribution < -0.4 is 5.32 Å². The molecule has 0 aliphatic carbocycles. The molecule has 0 unspecified atom stereocenters. The van der Waals surface area contributed by atoms with Crippen molar-refractivity contribution in [3.63, 3.8) is 0 Å². The highest BCUT2D eigenvalue weighted by molar-refractivity contribution is 7.89. The molecule has 3 rings (SSSR count). The monoisotopic (exact) mass is 413 g/mol. The van der Waals surface area contributed by atoms with E-state index < -0.39 is 15.9 Å². The van der Waals surface area contributed by atoms with Gasteiger partial charge < -0.3 is 0 Å². The van der Waals surface area contributed by atoms with Crippen molar-refractivity contribution < 1.29 is 13.2 Å². The molecule has 1 aromatic heterocycles. The van der Waals surface area contributed by atoms with Crippen molar-refractivity contribution in [2.24, 2.45) is 11.8 Å². The predicted octanol–water partition coefficient (Wildman–Crippen LogP) is 3.72. The van der Waals surface area contributed by atoms with Gasteiger partial charge in [-0.15, -0.1) is 11.3 Å². The molecule has 0 radical (unpaired) electrons. The zero-order valence-electron chi connectivity index (χ0n) is 14.5. The summed E-state index contributed by atoms with van der Waals surface area (Å²) in [6.07, 6.45) is 2.58. The molecule has 26 heavy (non-hydrogen) atoms. The van der Waals surface area contributed by atoms with E-state index in [1.807, 2.05) is 13.8 Å². The van der Waals surface area contributed by atoms with Gasteiger partial charge in [-0.1, -0.05) is 25.4 Å². The number of amides is 1. The molecule has 2 atom stereocenters. The molecular weight excluding hydrogens is 394 g/mol. The number of carbonyl (C=O) groups is 1. The van der Waals surface area contributed by atoms with Crippen LogP contribution >= 0.6 is 22.9 Å². The maximum Gasteiger partial charge on any atom is 0.259 e. The minimum atomic E-state index is -3.68. The summed E-state index contributed by atoms with van der Waals surface area (Å²) in [5.41, 5.74) is 0.112. The average Bonchev–Trinajstić information content (AvgIpc) is 3.07. The van der Waals surface area contributed by atoms with Gasteiger partial charge in [0.25, 0.3) is 5.91 Å². The molecule has 2 heterocycles. The average molecular weight is 414 g/mol. The Morgan fingerprint density at radius 3 is 2.62 bits per heavy atom. The third-order valence-corrected chi connectivity index (χ3v) is 7.15. The molecular formula is C17H20ClN3O3S2. The van der Waals surface area contributed by atoms with Gasteiger partial charge in [0.2, 0.25) is 10.0 Å². The van der Waals surface area contributed by atoms with Crippen LogP contribution in [-0.4, -0.2) is 36.7 Å². The Bertz CT molecular complexity index is 890. The molecule has 2 aromatic rings. The molecule has 1 fully saturated rings. The molecule has 1 N–H and O–H groups in total. The van der Waals surface area contributed by atoms with Crippen molar-refractivity contribution >= 4 is 44.0 Å². The largest absolute Gasteiger partial charge is 0.298 e. The van der Waals surface area contributed by atoms with Crippen LogP contribution in [0.1, 0.15) is 30.6 Å². The van der Waals surface area contributed by atoms with Crippen molar-refractivity contribution in [1.29, 1.82) is 0 Å². The number of nitrogens with zero attached hydrogens (tertiary/aromatic N) is 2. The normalized spacial score (nSPS) is 21.5. The van der Waals surface area contributed by atoms with Gasteiger partial charge in [0.15, 0.2) is 5.13 Å². The molecule has 9 heteroatoms. The zero-order chi connectivity index (χ0) is 18.9. The van der Waals surface area contributed by atoms with Gasteiger partial charge in [-0.05, 0) is 36.5 Å². The lowest BCUT2D eigenvalue weighted by molar-refractivity contribution is 0.102. The number of thiazole rings is 1. The number of hydrogen-bond donors (Lipinski definition) is 1. The van der Waals surface area contributed by atoms with Gasteiger partial charge in [0.1, 0.15) is 0 Å². The van der Waals surface area contributed by atoms with Crippen LogP contribution in [0.3, 0.4) is 0 Å². The summed E-state index contributed by atoms with van der Waals surface area (Å²) in [5, 5.41) is 4.98. The quantitative estimate of drug-likeness (QED) is 0.828. The summed E-state index contributed by atoms with van der Waals surface area (Å²) in [6.45, 7) is 5.06. The highest BCUT2D eigenvalue weighted by Gasteiger charge is 2.32. The maximum atomic E-state index is 13.0. The van der Waals surface area contributed by atoms with E-state index in [1.54, 1.807) is 11.6 Å². The standard InChI is InChI=1S/C17H20ClN3O3S2/c1-11-7-12(2)10-21(9-11)26(23,24)13-3-4-15(18)14(8-13)16(22)20-17-19-5-6-25-17/h3-6,8,11-12H,7,9-10H2,1-2H3,(H,19,20,22)/t11-,12-/m0/s1. The molecule has 0 spiro atoms. The van der Waals surface area contributed by atoms with Crippen molar-refractivity contribution in [2.45, 2.75) is 25.2 Å². The number of carbonyl (C=O) groups excluding carboxylic acids is 1. The molecule has 1 aromatic carbocycles. The maximum absolute atomic E-state index is 13.0. The van der Waals surface area contributed by atoms with Crippen LogP contribution in [0, 0.1) is 11.8 Å². The summed E-state index contributed by atoms with van der Waals surface area (Å²) >= 11 is 7.40. The number of nitrogens with one attached hydrogen (secondary N) is 1. The van der Waals surface area contributed by atoms with Crippen LogP contribution in [0.25, 0.3) is 0 Å². The minimum Gasteiger partial charge on any atom is -0.298 e. The predicted molar refractivity (Wildman–Crippen MR) is 103 cm³/mol. The number of halogens is 1. The number of rotatable bonds is 4. The zero-order valence-corrected chi connectivity index (χ0v) is 16.9. The van der Waals surface area contributed by atoms with Crippen molar-refractivity contribution in [1.82, 2.24) is 9.29 Å². The SMILES string of the molecule is C[C@H]1C[C@H](C)CN(S(=O)(=O)c2ccc(Cl)c(C(=O)Nc3nccs3)c2)C1. The van der Waals surface area contributed by atoms with Crippen molar-refractivity contribution in [3.8, 4) is 0 Å². The van der Waals surface area contributed by atoms with Crippen molar-refractivity contribution in [2.75, 3.05) is 18.4 Å². The number of benzene rings is 1. The first-order chi connectivity index (χ1) is 12.3. The lowest BCUT2D eigenvalue weighted by Crippen LogP contribution is -2.42.